The normalized spacial score (nSPS) is 16.5. The molecule has 0 saturated carbocycles. The van der Waals surface area contributed by atoms with Crippen LogP contribution in [0.1, 0.15) is 36.7 Å². The van der Waals surface area contributed by atoms with Crippen LogP contribution >= 0.6 is 11.6 Å². The third-order valence-electron chi connectivity index (χ3n) is 4.04. The fourth-order valence-corrected chi connectivity index (χ4v) is 2.92. The van der Waals surface area contributed by atoms with Gasteiger partial charge in [-0.1, -0.05) is 25.4 Å². The van der Waals surface area contributed by atoms with E-state index in [2.05, 4.69) is 24.1 Å². The maximum atomic E-state index is 12.4. The van der Waals surface area contributed by atoms with Crippen LogP contribution in [0.5, 0.6) is 5.75 Å². The zero-order chi connectivity index (χ0) is 16.3. The van der Waals surface area contributed by atoms with Gasteiger partial charge in [0.2, 0.25) is 0 Å². The van der Waals surface area contributed by atoms with E-state index in [4.69, 9.17) is 22.1 Å². The molecule has 0 fully saturated rings. The van der Waals surface area contributed by atoms with Crippen LogP contribution in [0.4, 0.5) is 5.69 Å². The maximum Gasteiger partial charge on any atom is 0.255 e. The molecule has 1 aliphatic rings. The van der Waals surface area contributed by atoms with E-state index in [1.807, 2.05) is 6.92 Å². The van der Waals surface area contributed by atoms with Crippen molar-refractivity contribution in [3.05, 3.63) is 22.2 Å². The topological polar surface area (TPSA) is 67.6 Å². The SMILES string of the molecule is CCN(CC)CCNC(=O)c1cc(Cl)c(N)c2c1OC(C)C2. The highest BCUT2D eigenvalue weighted by molar-refractivity contribution is 6.33. The molecule has 3 N–H and O–H groups in total. The van der Waals surface area contributed by atoms with Gasteiger partial charge < -0.3 is 20.7 Å². The number of nitrogens with two attached hydrogens (primary N) is 1. The summed E-state index contributed by atoms with van der Waals surface area (Å²) < 4.78 is 5.75. The fraction of sp³-hybridized carbons (Fsp3) is 0.562. The number of nitrogens with zero attached hydrogens (tertiary/aromatic N) is 1. The lowest BCUT2D eigenvalue weighted by molar-refractivity contribution is 0.0944. The quantitative estimate of drug-likeness (QED) is 0.788. The molecule has 6 heteroatoms. The molecule has 1 unspecified atom stereocenters. The van der Waals surface area contributed by atoms with Gasteiger partial charge in [-0.2, -0.15) is 0 Å². The summed E-state index contributed by atoms with van der Waals surface area (Å²) in [4.78, 5) is 14.7. The van der Waals surface area contributed by atoms with Crippen LogP contribution in [-0.2, 0) is 6.42 Å². The van der Waals surface area contributed by atoms with E-state index in [9.17, 15) is 4.79 Å². The molecule has 1 heterocycles. The van der Waals surface area contributed by atoms with Crippen molar-refractivity contribution in [2.45, 2.75) is 33.3 Å². The zero-order valence-electron chi connectivity index (χ0n) is 13.4. The van der Waals surface area contributed by atoms with E-state index in [0.717, 1.165) is 25.2 Å². The number of benzene rings is 1. The molecule has 2 rings (SSSR count). The number of likely N-dealkylation sites (N-methyl/N-ethyl adjacent to an activating group) is 1. The Morgan fingerprint density at radius 3 is 2.82 bits per heavy atom. The monoisotopic (exact) mass is 325 g/mol. The fourth-order valence-electron chi connectivity index (χ4n) is 2.70. The van der Waals surface area contributed by atoms with E-state index in [0.29, 0.717) is 35.0 Å². The first-order valence-corrected chi connectivity index (χ1v) is 8.13. The van der Waals surface area contributed by atoms with Crippen molar-refractivity contribution in [3.63, 3.8) is 0 Å². The van der Waals surface area contributed by atoms with Gasteiger partial charge in [-0.15, -0.1) is 0 Å². The number of anilines is 1. The average Bonchev–Trinajstić information content (AvgIpc) is 2.89. The molecule has 0 radical (unpaired) electrons. The van der Waals surface area contributed by atoms with Crippen molar-refractivity contribution in [1.82, 2.24) is 10.2 Å². The molecule has 122 valence electrons. The number of fused-ring (bicyclic) bond motifs is 1. The Hall–Kier alpha value is -1.46. The first-order valence-electron chi connectivity index (χ1n) is 7.75. The van der Waals surface area contributed by atoms with Crippen LogP contribution in [-0.4, -0.2) is 43.1 Å². The molecule has 5 nitrogen and oxygen atoms in total. The second kappa shape index (κ2) is 7.20. The molecule has 1 atom stereocenters. The Balaban J connectivity index is 2.11. The molecule has 1 aliphatic heterocycles. The number of nitrogen functional groups attached to an aromatic ring is 1. The molecule has 0 aliphatic carbocycles. The number of hydrogen-bond donors (Lipinski definition) is 2. The summed E-state index contributed by atoms with van der Waals surface area (Å²) in [5.41, 5.74) is 7.82. The molecule has 0 saturated heterocycles. The van der Waals surface area contributed by atoms with Gasteiger partial charge in [-0.3, -0.25) is 4.79 Å². The zero-order valence-corrected chi connectivity index (χ0v) is 14.2. The smallest absolute Gasteiger partial charge is 0.255 e. The lowest BCUT2D eigenvalue weighted by Gasteiger charge is -2.18. The molecule has 1 amide bonds. The van der Waals surface area contributed by atoms with Crippen LogP contribution in [0.2, 0.25) is 5.02 Å². The summed E-state index contributed by atoms with van der Waals surface area (Å²) in [6.07, 6.45) is 0.694. The standard InChI is InChI=1S/C16H24ClN3O2/c1-4-20(5-2)7-6-19-16(21)12-9-13(17)14(18)11-8-10(3)22-15(11)12/h9-10H,4-8,18H2,1-3H3,(H,19,21). The van der Waals surface area contributed by atoms with Crippen LogP contribution in [0, 0.1) is 0 Å². The second-order valence-electron chi connectivity index (χ2n) is 5.54. The molecule has 0 bridgehead atoms. The van der Waals surface area contributed by atoms with Crippen LogP contribution in [0.3, 0.4) is 0 Å². The number of carbonyl (C=O) groups excluding carboxylic acids is 1. The Labute approximate surface area is 136 Å². The summed E-state index contributed by atoms with van der Waals surface area (Å²) in [5.74, 6) is 0.411. The Morgan fingerprint density at radius 1 is 1.50 bits per heavy atom. The van der Waals surface area contributed by atoms with Crippen LogP contribution < -0.4 is 15.8 Å². The second-order valence-corrected chi connectivity index (χ2v) is 5.95. The minimum Gasteiger partial charge on any atom is -0.489 e. The van der Waals surface area contributed by atoms with Crippen LogP contribution in [0.25, 0.3) is 0 Å². The number of halogens is 1. The number of rotatable bonds is 6. The first-order chi connectivity index (χ1) is 10.5. The third-order valence-corrected chi connectivity index (χ3v) is 4.35. The highest BCUT2D eigenvalue weighted by Gasteiger charge is 2.28. The molecule has 0 spiro atoms. The highest BCUT2D eigenvalue weighted by Crippen LogP contribution is 2.40. The summed E-state index contributed by atoms with van der Waals surface area (Å²) in [7, 11) is 0. The van der Waals surface area contributed by atoms with Gasteiger partial charge in [0.1, 0.15) is 11.9 Å². The third kappa shape index (κ3) is 3.47. The largest absolute Gasteiger partial charge is 0.489 e. The van der Waals surface area contributed by atoms with Gasteiger partial charge in [0.15, 0.2) is 0 Å². The lowest BCUT2D eigenvalue weighted by Crippen LogP contribution is -2.35. The van der Waals surface area contributed by atoms with Crippen molar-refractivity contribution in [2.24, 2.45) is 0 Å². The van der Waals surface area contributed by atoms with Crippen molar-refractivity contribution in [3.8, 4) is 5.75 Å². The maximum absolute atomic E-state index is 12.4. The summed E-state index contributed by atoms with van der Waals surface area (Å²) in [6, 6.07) is 1.60. The summed E-state index contributed by atoms with van der Waals surface area (Å²) in [5, 5.41) is 3.34. The van der Waals surface area contributed by atoms with E-state index >= 15 is 0 Å². The Bertz CT molecular complexity index is 559. The molecule has 1 aromatic rings. The molecule has 22 heavy (non-hydrogen) atoms. The highest BCUT2D eigenvalue weighted by atomic mass is 35.5. The van der Waals surface area contributed by atoms with Crippen molar-refractivity contribution in [1.29, 1.82) is 0 Å². The number of nitrogens with one attached hydrogen (secondary N) is 1. The number of ether oxygens (including phenoxy) is 1. The van der Waals surface area contributed by atoms with E-state index in [-0.39, 0.29) is 12.0 Å². The molecular weight excluding hydrogens is 302 g/mol. The summed E-state index contributed by atoms with van der Waals surface area (Å²) in [6.45, 7) is 9.51. The average molecular weight is 326 g/mol. The minimum atomic E-state index is -0.167. The van der Waals surface area contributed by atoms with Gasteiger partial charge in [-0.25, -0.2) is 0 Å². The number of carbonyl (C=O) groups is 1. The molecule has 0 aromatic heterocycles. The van der Waals surface area contributed by atoms with Gasteiger partial charge in [-0.05, 0) is 26.1 Å². The number of amides is 1. The van der Waals surface area contributed by atoms with E-state index in [1.54, 1.807) is 6.07 Å². The lowest BCUT2D eigenvalue weighted by atomic mass is 10.0. The van der Waals surface area contributed by atoms with Crippen molar-refractivity contribution < 1.29 is 9.53 Å². The van der Waals surface area contributed by atoms with Gasteiger partial charge >= 0.3 is 0 Å². The van der Waals surface area contributed by atoms with E-state index in [1.165, 1.54) is 0 Å². The molecular formula is C16H24ClN3O2. The minimum absolute atomic E-state index is 0.0120. The van der Waals surface area contributed by atoms with Gasteiger partial charge in [0, 0.05) is 25.1 Å². The summed E-state index contributed by atoms with van der Waals surface area (Å²) >= 11 is 6.15. The van der Waals surface area contributed by atoms with Crippen molar-refractivity contribution >= 4 is 23.2 Å². The Morgan fingerprint density at radius 2 is 2.18 bits per heavy atom. The van der Waals surface area contributed by atoms with Gasteiger partial charge in [0.25, 0.3) is 5.91 Å². The van der Waals surface area contributed by atoms with Crippen molar-refractivity contribution in [2.75, 3.05) is 31.9 Å². The van der Waals surface area contributed by atoms with Crippen LogP contribution in [0.15, 0.2) is 6.07 Å². The van der Waals surface area contributed by atoms with E-state index < -0.39 is 0 Å². The number of hydrogen-bond acceptors (Lipinski definition) is 4. The molecule has 1 aromatic carbocycles. The Kier molecular flexibility index (Phi) is 5.53. The predicted molar refractivity (Wildman–Crippen MR) is 89.8 cm³/mol. The van der Waals surface area contributed by atoms with Gasteiger partial charge in [0.05, 0.1) is 16.3 Å². The predicted octanol–water partition coefficient (Wildman–Crippen LogP) is 2.32. The first kappa shape index (κ1) is 16.9.